The van der Waals surface area contributed by atoms with Gasteiger partial charge in [-0.1, -0.05) is 24.8 Å². The largest absolute Gasteiger partial charge is 0.371 e. The van der Waals surface area contributed by atoms with Gasteiger partial charge in [0.15, 0.2) is 0 Å². The average Bonchev–Trinajstić information content (AvgIpc) is 3.53. The van der Waals surface area contributed by atoms with Crippen molar-refractivity contribution in [3.05, 3.63) is 71.7 Å². The van der Waals surface area contributed by atoms with Gasteiger partial charge in [-0.3, -0.25) is 4.98 Å². The molecule has 0 radical (unpaired) electrons. The van der Waals surface area contributed by atoms with Crippen LogP contribution in [0.25, 0.3) is 5.70 Å². The lowest BCUT2D eigenvalue weighted by atomic mass is 10.00. The van der Waals surface area contributed by atoms with Crippen LogP contribution in [0.1, 0.15) is 42.9 Å². The number of likely N-dealkylation sites (N-methyl/N-ethyl adjacent to an activating group) is 1. The lowest BCUT2D eigenvalue weighted by Crippen LogP contribution is -2.45. The maximum Gasteiger partial charge on any atom is 0.0685 e. The van der Waals surface area contributed by atoms with Crippen molar-refractivity contribution >= 4 is 28.7 Å². The summed E-state index contributed by atoms with van der Waals surface area (Å²) in [6, 6.07) is 8.92. The summed E-state index contributed by atoms with van der Waals surface area (Å²) in [4.78, 5) is 11.7. The summed E-state index contributed by atoms with van der Waals surface area (Å²) in [6.45, 7) is 13.9. The van der Waals surface area contributed by atoms with E-state index in [1.54, 1.807) is 6.20 Å². The van der Waals surface area contributed by atoms with E-state index in [4.69, 9.17) is 11.6 Å². The first-order valence-electron chi connectivity index (χ1n) is 12.1. The van der Waals surface area contributed by atoms with E-state index in [1.165, 1.54) is 36.9 Å². The van der Waals surface area contributed by atoms with Crippen LogP contribution in [0.4, 0.5) is 11.4 Å². The zero-order valence-electron chi connectivity index (χ0n) is 19.6. The molecular formula is C27H34ClN5. The van der Waals surface area contributed by atoms with E-state index >= 15 is 0 Å². The topological polar surface area (TPSA) is 34.6 Å². The number of aromatic nitrogens is 1. The van der Waals surface area contributed by atoms with Gasteiger partial charge in [-0.05, 0) is 68.5 Å². The number of hydrogen-bond donors (Lipinski definition) is 1. The third-order valence-electron chi connectivity index (χ3n) is 7.17. The number of benzene rings is 1. The van der Waals surface area contributed by atoms with Crippen molar-refractivity contribution in [3.63, 3.8) is 0 Å². The minimum Gasteiger partial charge on any atom is -0.371 e. The molecule has 2 aromatic rings. The first-order valence-corrected chi connectivity index (χ1v) is 12.5. The molecule has 1 unspecified atom stereocenters. The number of allylic oxidation sites excluding steroid dienone is 1. The highest BCUT2D eigenvalue weighted by atomic mass is 35.5. The molecule has 0 bridgehead atoms. The molecule has 1 saturated carbocycles. The summed E-state index contributed by atoms with van der Waals surface area (Å²) in [5.41, 5.74) is 6.96. The maximum atomic E-state index is 6.30. The van der Waals surface area contributed by atoms with Gasteiger partial charge in [-0.25, -0.2) is 0 Å². The number of rotatable bonds is 7. The van der Waals surface area contributed by atoms with E-state index in [2.05, 4.69) is 63.4 Å². The molecule has 1 aliphatic carbocycles. The zero-order chi connectivity index (χ0) is 22.9. The van der Waals surface area contributed by atoms with Crippen LogP contribution in [0.15, 0.2) is 55.5 Å². The minimum atomic E-state index is 0.168. The van der Waals surface area contributed by atoms with Gasteiger partial charge in [0.1, 0.15) is 0 Å². The summed E-state index contributed by atoms with van der Waals surface area (Å²) >= 11 is 6.30. The smallest absolute Gasteiger partial charge is 0.0685 e. The van der Waals surface area contributed by atoms with E-state index in [1.807, 2.05) is 12.3 Å². The van der Waals surface area contributed by atoms with Crippen molar-refractivity contribution in [2.24, 2.45) is 5.92 Å². The Labute approximate surface area is 202 Å². The lowest BCUT2D eigenvalue weighted by Gasteiger charge is -2.43. The third kappa shape index (κ3) is 4.90. The molecule has 6 heteroatoms. The van der Waals surface area contributed by atoms with Gasteiger partial charge in [0.05, 0.1) is 11.1 Å². The third-order valence-corrected chi connectivity index (χ3v) is 7.38. The van der Waals surface area contributed by atoms with Crippen LogP contribution in [0, 0.1) is 5.92 Å². The highest BCUT2D eigenvalue weighted by Gasteiger charge is 2.30. The van der Waals surface area contributed by atoms with Gasteiger partial charge in [0.25, 0.3) is 0 Å². The fourth-order valence-electron chi connectivity index (χ4n) is 5.09. The van der Waals surface area contributed by atoms with E-state index in [0.717, 1.165) is 55.4 Å². The Morgan fingerprint density at radius 2 is 1.85 bits per heavy atom. The Balaban J connectivity index is 1.47. The monoisotopic (exact) mass is 463 g/mol. The number of piperazine rings is 1. The van der Waals surface area contributed by atoms with Gasteiger partial charge in [-0.2, -0.15) is 0 Å². The Hall–Kier alpha value is -2.50. The highest BCUT2D eigenvalue weighted by Crippen LogP contribution is 2.40. The summed E-state index contributed by atoms with van der Waals surface area (Å²) < 4.78 is 0. The fraction of sp³-hybridized carbons (Fsp3) is 0.444. The number of nitrogens with one attached hydrogen (secondary N) is 1. The number of anilines is 2. The summed E-state index contributed by atoms with van der Waals surface area (Å²) in [5, 5.41) is 4.24. The average molecular weight is 464 g/mol. The Morgan fingerprint density at radius 1 is 1.06 bits per heavy atom. The fourth-order valence-corrected chi connectivity index (χ4v) is 5.27. The van der Waals surface area contributed by atoms with E-state index in [0.29, 0.717) is 10.9 Å². The van der Waals surface area contributed by atoms with Crippen LogP contribution in [0.3, 0.4) is 0 Å². The summed E-state index contributed by atoms with van der Waals surface area (Å²) in [7, 11) is 2.17. The van der Waals surface area contributed by atoms with Crippen LogP contribution in [-0.2, 0) is 0 Å². The first-order chi connectivity index (χ1) is 16.0. The van der Waals surface area contributed by atoms with Crippen LogP contribution in [-0.4, -0.2) is 54.6 Å². The number of halogens is 1. The standard InChI is InChI=1S/C27H34ClN5/c1-19(21-6-7-21)30-24-8-9-25(26(15-24)32-10-4-5-11-32)20(2)33-13-12-31(3)18-27(33)22-14-23(28)17-29-16-22/h8-9,14-17,21,27,30H,1-2,4-7,10-13,18H2,3H3. The van der Waals surface area contributed by atoms with Crippen molar-refractivity contribution in [3.8, 4) is 0 Å². The normalized spacial score (nSPS) is 21.3. The van der Waals surface area contributed by atoms with Gasteiger partial charge >= 0.3 is 0 Å². The number of hydrogen-bond acceptors (Lipinski definition) is 5. The van der Waals surface area contributed by atoms with Gasteiger partial charge in [-0.15, -0.1) is 0 Å². The second kappa shape index (κ2) is 9.40. The lowest BCUT2D eigenvalue weighted by molar-refractivity contribution is 0.143. The number of nitrogens with zero attached hydrogens (tertiary/aromatic N) is 4. The first kappa shape index (κ1) is 22.3. The summed E-state index contributed by atoms with van der Waals surface area (Å²) in [6.07, 6.45) is 8.62. The van der Waals surface area contributed by atoms with Crippen molar-refractivity contribution in [2.45, 2.75) is 31.7 Å². The van der Waals surface area contributed by atoms with Crippen LogP contribution in [0.5, 0.6) is 0 Å². The predicted molar refractivity (Wildman–Crippen MR) is 139 cm³/mol. The van der Waals surface area contributed by atoms with E-state index in [-0.39, 0.29) is 6.04 Å². The zero-order valence-corrected chi connectivity index (χ0v) is 20.3. The molecule has 2 saturated heterocycles. The molecule has 3 heterocycles. The van der Waals surface area contributed by atoms with Crippen molar-refractivity contribution < 1.29 is 0 Å². The van der Waals surface area contributed by atoms with Gasteiger partial charge in [0, 0.05) is 73.4 Å². The van der Waals surface area contributed by atoms with Crippen LogP contribution >= 0.6 is 11.6 Å². The van der Waals surface area contributed by atoms with Crippen molar-refractivity contribution in [1.29, 1.82) is 0 Å². The van der Waals surface area contributed by atoms with Crippen LogP contribution in [0.2, 0.25) is 5.02 Å². The Kier molecular flexibility index (Phi) is 6.35. The molecule has 0 amide bonds. The molecule has 5 nitrogen and oxygen atoms in total. The molecular weight excluding hydrogens is 430 g/mol. The van der Waals surface area contributed by atoms with Crippen molar-refractivity contribution in [2.75, 3.05) is 50.0 Å². The number of pyridine rings is 1. The van der Waals surface area contributed by atoms with E-state index < -0.39 is 0 Å². The summed E-state index contributed by atoms with van der Waals surface area (Å²) in [5.74, 6) is 0.632. The Morgan fingerprint density at radius 3 is 2.58 bits per heavy atom. The minimum absolute atomic E-state index is 0.168. The molecule has 0 spiro atoms. The molecule has 5 rings (SSSR count). The predicted octanol–water partition coefficient (Wildman–Crippen LogP) is 5.63. The second-order valence-corrected chi connectivity index (χ2v) is 10.1. The van der Waals surface area contributed by atoms with Crippen LogP contribution < -0.4 is 10.2 Å². The molecule has 1 atom stereocenters. The quantitative estimate of drug-likeness (QED) is 0.575. The molecule has 33 heavy (non-hydrogen) atoms. The Bertz CT molecular complexity index is 1040. The van der Waals surface area contributed by atoms with E-state index in [9.17, 15) is 0 Å². The molecule has 2 aliphatic heterocycles. The highest BCUT2D eigenvalue weighted by molar-refractivity contribution is 6.30. The van der Waals surface area contributed by atoms with Crippen molar-refractivity contribution in [1.82, 2.24) is 14.8 Å². The SMILES string of the molecule is C=C(Nc1ccc(C(=C)N2CCN(C)CC2c2cncc(Cl)c2)c(N2CCCC2)c1)C1CC1. The molecule has 1 N–H and O–H groups in total. The van der Waals surface area contributed by atoms with Gasteiger partial charge in [0.2, 0.25) is 0 Å². The van der Waals surface area contributed by atoms with Gasteiger partial charge < -0.3 is 20.0 Å². The second-order valence-electron chi connectivity index (χ2n) is 9.71. The molecule has 3 fully saturated rings. The molecule has 1 aromatic carbocycles. The molecule has 3 aliphatic rings. The molecule has 1 aromatic heterocycles. The molecule has 174 valence electrons. The maximum absolute atomic E-state index is 6.30.